The van der Waals surface area contributed by atoms with Crippen molar-refractivity contribution in [1.82, 2.24) is 0 Å². The van der Waals surface area contributed by atoms with Crippen LogP contribution in [-0.2, 0) is 14.3 Å². The first-order chi connectivity index (χ1) is 14.7. The molecule has 4 saturated carbocycles. The van der Waals surface area contributed by atoms with Gasteiger partial charge in [0, 0.05) is 12.3 Å². The summed E-state index contributed by atoms with van der Waals surface area (Å²) in [6.45, 7) is 14.6. The molecule has 0 saturated heterocycles. The van der Waals surface area contributed by atoms with E-state index in [1.54, 1.807) is 0 Å². The molecule has 5 heteroatoms. The fourth-order valence-electron chi connectivity index (χ4n) is 9.82. The number of carbonyl (C=O) groups excluding carboxylic acids is 2. The summed E-state index contributed by atoms with van der Waals surface area (Å²) in [5.41, 5.74) is -0.396. The molecule has 0 amide bonds. The Morgan fingerprint density at radius 2 is 1.47 bits per heavy atom. The van der Waals surface area contributed by atoms with Crippen LogP contribution in [0.4, 0.5) is 0 Å². The van der Waals surface area contributed by atoms with E-state index in [0.717, 1.165) is 19.3 Å². The molecule has 0 aromatic heterocycles. The molecule has 0 aromatic carbocycles. The van der Waals surface area contributed by atoms with Crippen LogP contribution in [0.15, 0.2) is 0 Å². The number of fused-ring (bicyclic) bond motifs is 5. The molecule has 4 rings (SSSR count). The smallest absolute Gasteiger partial charge is 0.302 e. The summed E-state index contributed by atoms with van der Waals surface area (Å²) in [7, 11) is 0. The van der Waals surface area contributed by atoms with Gasteiger partial charge in [-0.15, -0.1) is 0 Å². The molecule has 0 aromatic rings. The average Bonchev–Trinajstić information content (AvgIpc) is 2.64. The van der Waals surface area contributed by atoms with Crippen LogP contribution in [-0.4, -0.2) is 40.3 Å². The van der Waals surface area contributed by atoms with Crippen molar-refractivity contribution in [2.24, 2.45) is 45.3 Å². The predicted molar refractivity (Wildman–Crippen MR) is 123 cm³/mol. The summed E-state index contributed by atoms with van der Waals surface area (Å²) in [6.07, 6.45) is 4.73. The molecule has 0 bridgehead atoms. The Labute approximate surface area is 193 Å². The summed E-state index contributed by atoms with van der Waals surface area (Å²) in [5.74, 6) is -0.394. The van der Waals surface area contributed by atoms with Crippen LogP contribution in [0.1, 0.15) is 93.4 Å². The van der Waals surface area contributed by atoms with Crippen LogP contribution in [0.2, 0.25) is 0 Å². The van der Waals surface area contributed by atoms with Crippen LogP contribution in [0.3, 0.4) is 0 Å². The largest absolute Gasteiger partial charge is 0.462 e. The second-order valence-corrected chi connectivity index (χ2v) is 13.1. The molecule has 0 aliphatic heterocycles. The second-order valence-electron chi connectivity index (χ2n) is 13.1. The lowest BCUT2D eigenvalue weighted by Gasteiger charge is -2.71. The van der Waals surface area contributed by atoms with Gasteiger partial charge in [0.05, 0.1) is 18.1 Å². The predicted octanol–water partition coefficient (Wildman–Crippen LogP) is 4.52. The van der Waals surface area contributed by atoms with E-state index >= 15 is 0 Å². The molecule has 10 atom stereocenters. The van der Waals surface area contributed by atoms with Crippen LogP contribution >= 0.6 is 0 Å². The van der Waals surface area contributed by atoms with Crippen molar-refractivity contribution in [2.45, 2.75) is 112 Å². The summed E-state index contributed by atoms with van der Waals surface area (Å²) in [4.78, 5) is 24.6. The number of hydrogen-bond acceptors (Lipinski definition) is 5. The Morgan fingerprint density at radius 3 is 2.06 bits per heavy atom. The Morgan fingerprint density at radius 1 is 0.844 bits per heavy atom. The number of ketones is 1. The van der Waals surface area contributed by atoms with Crippen molar-refractivity contribution in [3.8, 4) is 0 Å². The van der Waals surface area contributed by atoms with E-state index < -0.39 is 29.6 Å². The summed E-state index contributed by atoms with van der Waals surface area (Å²) in [5, 5.41) is 22.6. The SMILES string of the molecule is CC(=O)OC1CC2[C@@]3(C)CCCC(C)(C)C3CC[C@@]2(C)C2C[C@H](O)C(C(C)=O)[C@H](O)[C@@]12C. The number of esters is 1. The van der Waals surface area contributed by atoms with Gasteiger partial charge in [0.2, 0.25) is 0 Å². The van der Waals surface area contributed by atoms with Gasteiger partial charge in [-0.1, -0.05) is 41.0 Å². The van der Waals surface area contributed by atoms with E-state index in [4.69, 9.17) is 4.74 Å². The van der Waals surface area contributed by atoms with Crippen molar-refractivity contribution in [3.05, 3.63) is 0 Å². The maximum atomic E-state index is 12.4. The van der Waals surface area contributed by atoms with Crippen LogP contribution in [0.25, 0.3) is 0 Å². The maximum Gasteiger partial charge on any atom is 0.302 e. The van der Waals surface area contributed by atoms with Crippen molar-refractivity contribution in [1.29, 1.82) is 0 Å². The highest BCUT2D eigenvalue weighted by atomic mass is 16.5. The number of hydrogen-bond donors (Lipinski definition) is 2. The summed E-state index contributed by atoms with van der Waals surface area (Å²) in [6, 6.07) is 0. The van der Waals surface area contributed by atoms with Gasteiger partial charge in [0.1, 0.15) is 11.9 Å². The van der Waals surface area contributed by atoms with Crippen molar-refractivity contribution in [2.75, 3.05) is 0 Å². The molecule has 5 unspecified atom stereocenters. The number of carbonyl (C=O) groups is 2. The van der Waals surface area contributed by atoms with E-state index in [1.165, 1.54) is 33.1 Å². The fraction of sp³-hybridized carbons (Fsp3) is 0.926. The highest BCUT2D eigenvalue weighted by Crippen LogP contribution is 2.73. The van der Waals surface area contributed by atoms with Crippen molar-refractivity contribution >= 4 is 11.8 Å². The molecule has 32 heavy (non-hydrogen) atoms. The minimum atomic E-state index is -1.02. The molecule has 5 nitrogen and oxygen atoms in total. The normalized spacial score (nSPS) is 52.2. The molecule has 4 fully saturated rings. The van der Waals surface area contributed by atoms with Crippen molar-refractivity contribution < 1.29 is 24.5 Å². The Hall–Kier alpha value is -0.940. The third-order valence-electron chi connectivity index (χ3n) is 11.2. The summed E-state index contributed by atoms with van der Waals surface area (Å²) < 4.78 is 5.98. The fourth-order valence-corrected chi connectivity index (χ4v) is 9.82. The first-order valence-electron chi connectivity index (χ1n) is 12.7. The first-order valence-corrected chi connectivity index (χ1v) is 12.7. The minimum absolute atomic E-state index is 0.0125. The lowest BCUT2D eigenvalue weighted by molar-refractivity contribution is -0.276. The van der Waals surface area contributed by atoms with E-state index in [-0.39, 0.29) is 33.9 Å². The molecule has 0 spiro atoms. The zero-order valence-electron chi connectivity index (χ0n) is 21.1. The average molecular weight is 449 g/mol. The van der Waals surface area contributed by atoms with Gasteiger partial charge < -0.3 is 14.9 Å². The number of aliphatic hydroxyl groups is 2. The van der Waals surface area contributed by atoms with Gasteiger partial charge in [-0.05, 0) is 79.4 Å². The molecule has 2 N–H and O–H groups in total. The molecule has 4 aliphatic rings. The zero-order valence-corrected chi connectivity index (χ0v) is 21.1. The number of rotatable bonds is 2. The monoisotopic (exact) mass is 448 g/mol. The molecule has 0 heterocycles. The molecule has 4 aliphatic carbocycles. The van der Waals surface area contributed by atoms with E-state index in [0.29, 0.717) is 18.3 Å². The summed E-state index contributed by atoms with van der Waals surface area (Å²) >= 11 is 0. The molecule has 182 valence electrons. The molecule has 0 radical (unpaired) electrons. The number of Topliss-reactive ketones (excluding diaryl/α,β-unsaturated/α-hetero) is 1. The van der Waals surface area contributed by atoms with E-state index in [1.807, 2.05) is 6.92 Å². The van der Waals surface area contributed by atoms with Crippen LogP contribution in [0, 0.1) is 45.3 Å². The van der Waals surface area contributed by atoms with E-state index in [2.05, 4.69) is 27.7 Å². The second kappa shape index (κ2) is 7.53. The van der Waals surface area contributed by atoms with Gasteiger partial charge in [-0.2, -0.15) is 0 Å². The number of ether oxygens (including phenoxy) is 1. The number of aliphatic hydroxyl groups excluding tert-OH is 2. The highest BCUT2D eigenvalue weighted by molar-refractivity contribution is 5.80. The minimum Gasteiger partial charge on any atom is -0.462 e. The quantitative estimate of drug-likeness (QED) is 0.607. The van der Waals surface area contributed by atoms with Gasteiger partial charge in [0.25, 0.3) is 0 Å². The Balaban J connectivity index is 1.83. The third kappa shape index (κ3) is 3.16. The van der Waals surface area contributed by atoms with Gasteiger partial charge in [0.15, 0.2) is 0 Å². The van der Waals surface area contributed by atoms with Crippen LogP contribution in [0.5, 0.6) is 0 Å². The van der Waals surface area contributed by atoms with Gasteiger partial charge in [-0.3, -0.25) is 9.59 Å². The third-order valence-corrected chi connectivity index (χ3v) is 11.2. The van der Waals surface area contributed by atoms with E-state index in [9.17, 15) is 19.8 Å². The Kier molecular flexibility index (Phi) is 5.69. The lowest BCUT2D eigenvalue weighted by Crippen LogP contribution is -2.71. The zero-order chi connectivity index (χ0) is 23.9. The van der Waals surface area contributed by atoms with Gasteiger partial charge >= 0.3 is 5.97 Å². The molecular formula is C27H44O5. The first kappa shape index (κ1) is 24.2. The maximum absolute atomic E-state index is 12.4. The Bertz CT molecular complexity index is 791. The van der Waals surface area contributed by atoms with Gasteiger partial charge in [-0.25, -0.2) is 0 Å². The molecular weight excluding hydrogens is 404 g/mol. The lowest BCUT2D eigenvalue weighted by atomic mass is 9.34. The highest BCUT2D eigenvalue weighted by Gasteiger charge is 2.70. The standard InChI is InChI=1S/C27H44O5/c1-15(28)22-17(30)13-20-26(6)12-9-18-24(3,4)10-8-11-25(18,5)19(26)14-21(32-16(2)29)27(20,7)23(22)31/h17-23,30-31H,8-14H2,1-7H3/t17-,18?,19?,20?,21?,22?,23-,25-,26+,27+/m0/s1. The van der Waals surface area contributed by atoms with Crippen LogP contribution < -0.4 is 0 Å². The topological polar surface area (TPSA) is 83.8 Å². The van der Waals surface area contributed by atoms with Crippen molar-refractivity contribution in [3.63, 3.8) is 0 Å².